The first-order valence-electron chi connectivity index (χ1n) is 8.20. The maximum absolute atomic E-state index is 12.7. The van der Waals surface area contributed by atoms with Crippen molar-refractivity contribution < 1.29 is 4.79 Å². The van der Waals surface area contributed by atoms with Crippen LogP contribution in [0.15, 0.2) is 54.6 Å². The molecule has 4 rings (SSSR count). The lowest BCUT2D eigenvalue weighted by Gasteiger charge is -2.26. The summed E-state index contributed by atoms with van der Waals surface area (Å²) >= 11 is 0. The van der Waals surface area contributed by atoms with Crippen LogP contribution in [0.5, 0.6) is 0 Å². The molecule has 2 aliphatic heterocycles. The number of nitrogens with zero attached hydrogens (tertiary/aromatic N) is 2. The molecule has 0 radical (unpaired) electrons. The second-order valence-corrected chi connectivity index (χ2v) is 6.27. The number of piperazine rings is 1. The van der Waals surface area contributed by atoms with E-state index < -0.39 is 0 Å². The summed E-state index contributed by atoms with van der Waals surface area (Å²) in [6, 6.07) is 18.8. The quantitative estimate of drug-likeness (QED) is 0.940. The molecular weight excluding hydrogens is 286 g/mol. The van der Waals surface area contributed by atoms with Gasteiger partial charge >= 0.3 is 0 Å². The minimum absolute atomic E-state index is 0.00142. The largest absolute Gasteiger partial charge is 0.313 e. The van der Waals surface area contributed by atoms with Gasteiger partial charge < -0.3 is 5.32 Å². The zero-order valence-corrected chi connectivity index (χ0v) is 13.1. The summed E-state index contributed by atoms with van der Waals surface area (Å²) in [5, 5.41) is 3.31. The summed E-state index contributed by atoms with van der Waals surface area (Å²) < 4.78 is 0. The standard InChI is InChI=1S/C19H21N3O/c23-19-18-13-20-9-10-21(18)14-22(19)17-8-4-7-16(12-17)11-15-5-2-1-3-6-15/h1-8,12,18,20H,9-11,13-14H2. The summed E-state index contributed by atoms with van der Waals surface area (Å²) in [4.78, 5) is 16.8. The molecule has 1 amide bonds. The Bertz CT molecular complexity index is 701. The smallest absolute Gasteiger partial charge is 0.246 e. The molecule has 4 nitrogen and oxygen atoms in total. The number of hydrogen-bond acceptors (Lipinski definition) is 3. The van der Waals surface area contributed by atoms with Gasteiger partial charge in [0.2, 0.25) is 5.91 Å². The molecule has 1 atom stereocenters. The lowest BCUT2D eigenvalue weighted by Crippen LogP contribution is -2.50. The maximum Gasteiger partial charge on any atom is 0.246 e. The lowest BCUT2D eigenvalue weighted by atomic mass is 10.0. The van der Waals surface area contributed by atoms with E-state index in [9.17, 15) is 4.79 Å². The fraction of sp³-hybridized carbons (Fsp3) is 0.316. The minimum atomic E-state index is 0.00142. The first kappa shape index (κ1) is 14.4. The van der Waals surface area contributed by atoms with Crippen LogP contribution in [0.3, 0.4) is 0 Å². The van der Waals surface area contributed by atoms with Gasteiger partial charge in [0.25, 0.3) is 0 Å². The summed E-state index contributed by atoms with van der Waals surface area (Å²) in [6.45, 7) is 3.38. The number of nitrogens with one attached hydrogen (secondary N) is 1. The third-order valence-corrected chi connectivity index (χ3v) is 4.70. The molecule has 0 spiro atoms. The Kier molecular flexibility index (Phi) is 3.85. The number of carbonyl (C=O) groups is 1. The molecule has 0 aliphatic carbocycles. The highest BCUT2D eigenvalue weighted by Crippen LogP contribution is 2.25. The van der Waals surface area contributed by atoms with E-state index in [-0.39, 0.29) is 11.9 Å². The van der Waals surface area contributed by atoms with Crippen LogP contribution in [0.25, 0.3) is 0 Å². The Balaban J connectivity index is 1.55. The Labute approximate surface area is 136 Å². The first-order chi connectivity index (χ1) is 11.3. The van der Waals surface area contributed by atoms with E-state index in [0.717, 1.165) is 31.7 Å². The van der Waals surface area contributed by atoms with E-state index in [2.05, 4.69) is 52.7 Å². The van der Waals surface area contributed by atoms with Crippen LogP contribution in [0.4, 0.5) is 5.69 Å². The summed E-state index contributed by atoms with van der Waals surface area (Å²) in [5.41, 5.74) is 3.54. The molecular formula is C19H21N3O. The third kappa shape index (κ3) is 2.87. The molecule has 2 aliphatic rings. The molecule has 2 fully saturated rings. The zero-order chi connectivity index (χ0) is 15.6. The second kappa shape index (κ2) is 6.14. The zero-order valence-electron chi connectivity index (χ0n) is 13.1. The van der Waals surface area contributed by atoms with Crippen molar-refractivity contribution in [2.75, 3.05) is 31.2 Å². The normalized spacial score (nSPS) is 21.5. The van der Waals surface area contributed by atoms with Crippen LogP contribution in [0.1, 0.15) is 11.1 Å². The van der Waals surface area contributed by atoms with Crippen molar-refractivity contribution in [3.63, 3.8) is 0 Å². The van der Waals surface area contributed by atoms with Crippen molar-refractivity contribution in [3.05, 3.63) is 65.7 Å². The van der Waals surface area contributed by atoms with E-state index in [4.69, 9.17) is 0 Å². The van der Waals surface area contributed by atoms with Crippen molar-refractivity contribution in [2.45, 2.75) is 12.5 Å². The van der Waals surface area contributed by atoms with E-state index in [1.165, 1.54) is 11.1 Å². The van der Waals surface area contributed by atoms with Gasteiger partial charge in [0, 0.05) is 25.3 Å². The van der Waals surface area contributed by atoms with E-state index >= 15 is 0 Å². The van der Waals surface area contributed by atoms with Gasteiger partial charge in [0.15, 0.2) is 0 Å². The Morgan fingerprint density at radius 3 is 2.70 bits per heavy atom. The van der Waals surface area contributed by atoms with Gasteiger partial charge in [0.1, 0.15) is 6.04 Å². The van der Waals surface area contributed by atoms with Crippen LogP contribution < -0.4 is 10.2 Å². The summed E-state index contributed by atoms with van der Waals surface area (Å²) in [6.07, 6.45) is 0.894. The van der Waals surface area contributed by atoms with Crippen molar-refractivity contribution in [1.82, 2.24) is 10.2 Å². The highest BCUT2D eigenvalue weighted by Gasteiger charge is 2.40. The van der Waals surface area contributed by atoms with Crippen LogP contribution in [0.2, 0.25) is 0 Å². The van der Waals surface area contributed by atoms with Gasteiger partial charge in [-0.05, 0) is 29.7 Å². The fourth-order valence-electron chi connectivity index (χ4n) is 3.47. The van der Waals surface area contributed by atoms with Gasteiger partial charge in [-0.25, -0.2) is 0 Å². The van der Waals surface area contributed by atoms with Gasteiger partial charge in [-0.1, -0.05) is 42.5 Å². The van der Waals surface area contributed by atoms with E-state index in [1.54, 1.807) is 0 Å². The average molecular weight is 307 g/mol. The number of hydrogen-bond donors (Lipinski definition) is 1. The Hall–Kier alpha value is -2.17. The van der Waals surface area contributed by atoms with Crippen LogP contribution in [-0.4, -0.2) is 43.2 Å². The number of rotatable bonds is 3. The SMILES string of the molecule is O=C1C2CNCCN2CN1c1cccc(Cc2ccccc2)c1. The monoisotopic (exact) mass is 307 g/mol. The molecule has 23 heavy (non-hydrogen) atoms. The molecule has 4 heteroatoms. The molecule has 0 bridgehead atoms. The third-order valence-electron chi connectivity index (χ3n) is 4.70. The number of anilines is 1. The van der Waals surface area contributed by atoms with Gasteiger partial charge in [0.05, 0.1) is 6.67 Å². The van der Waals surface area contributed by atoms with Crippen molar-refractivity contribution in [3.8, 4) is 0 Å². The van der Waals surface area contributed by atoms with Gasteiger partial charge in [-0.15, -0.1) is 0 Å². The molecule has 2 saturated heterocycles. The second-order valence-electron chi connectivity index (χ2n) is 6.27. The van der Waals surface area contributed by atoms with Gasteiger partial charge in [-0.2, -0.15) is 0 Å². The minimum Gasteiger partial charge on any atom is -0.313 e. The highest BCUT2D eigenvalue weighted by atomic mass is 16.2. The first-order valence-corrected chi connectivity index (χ1v) is 8.20. The predicted octanol–water partition coefficient (Wildman–Crippen LogP) is 1.86. The topological polar surface area (TPSA) is 35.6 Å². The van der Waals surface area contributed by atoms with Crippen molar-refractivity contribution in [2.24, 2.45) is 0 Å². The van der Waals surface area contributed by atoms with Crippen molar-refractivity contribution in [1.29, 1.82) is 0 Å². The molecule has 2 heterocycles. The number of carbonyl (C=O) groups excluding carboxylic acids is 1. The molecule has 2 aromatic rings. The van der Waals surface area contributed by atoms with Crippen molar-refractivity contribution >= 4 is 11.6 Å². The number of amides is 1. The van der Waals surface area contributed by atoms with E-state index in [0.29, 0.717) is 6.67 Å². The fourth-order valence-corrected chi connectivity index (χ4v) is 3.47. The van der Waals surface area contributed by atoms with Crippen LogP contribution in [0, 0.1) is 0 Å². The maximum atomic E-state index is 12.7. The Morgan fingerprint density at radius 2 is 1.87 bits per heavy atom. The molecule has 2 aromatic carbocycles. The molecule has 0 aromatic heterocycles. The molecule has 0 saturated carbocycles. The number of benzene rings is 2. The summed E-state index contributed by atoms with van der Waals surface area (Å²) in [7, 11) is 0. The predicted molar refractivity (Wildman–Crippen MR) is 91.4 cm³/mol. The number of fused-ring (bicyclic) bond motifs is 1. The molecule has 1 N–H and O–H groups in total. The highest BCUT2D eigenvalue weighted by molar-refractivity contribution is 5.99. The van der Waals surface area contributed by atoms with Crippen LogP contribution in [-0.2, 0) is 11.2 Å². The Morgan fingerprint density at radius 1 is 1.04 bits per heavy atom. The lowest BCUT2D eigenvalue weighted by molar-refractivity contribution is -0.119. The van der Waals surface area contributed by atoms with Crippen LogP contribution >= 0.6 is 0 Å². The van der Waals surface area contributed by atoms with Gasteiger partial charge in [-0.3, -0.25) is 14.6 Å². The molecule has 118 valence electrons. The summed E-state index contributed by atoms with van der Waals surface area (Å²) in [5.74, 6) is 0.217. The molecule has 1 unspecified atom stereocenters. The average Bonchev–Trinajstić information content (AvgIpc) is 2.93. The van der Waals surface area contributed by atoms with E-state index in [1.807, 2.05) is 17.0 Å².